The number of aromatic amines is 1. The summed E-state index contributed by atoms with van der Waals surface area (Å²) < 4.78 is 0. The Morgan fingerprint density at radius 2 is 2.15 bits per heavy atom. The van der Waals surface area contributed by atoms with Crippen LogP contribution in [0.5, 0.6) is 0 Å². The zero-order valence-electron chi connectivity index (χ0n) is 10.9. The van der Waals surface area contributed by atoms with Gasteiger partial charge in [0.25, 0.3) is 5.91 Å². The van der Waals surface area contributed by atoms with E-state index in [0.717, 1.165) is 24.1 Å². The zero-order chi connectivity index (χ0) is 14.1. The maximum Gasteiger partial charge on any atom is 0.263 e. The molecule has 0 spiro atoms. The van der Waals surface area contributed by atoms with E-state index in [0.29, 0.717) is 12.2 Å². The molecule has 1 aromatic carbocycles. The van der Waals surface area contributed by atoms with Gasteiger partial charge in [-0.15, -0.1) is 0 Å². The topological polar surface area (TPSA) is 79.2 Å². The predicted octanol–water partition coefficient (Wildman–Crippen LogP) is 1.55. The molecule has 1 aliphatic rings. The lowest BCUT2D eigenvalue weighted by molar-refractivity contribution is 0.0984. The number of fused-ring (bicyclic) bond motifs is 1. The molecule has 3 N–H and O–H groups in total. The molecule has 0 aliphatic carbocycles. The van der Waals surface area contributed by atoms with Crippen LogP contribution in [0.2, 0.25) is 0 Å². The van der Waals surface area contributed by atoms with Gasteiger partial charge in [0, 0.05) is 36.4 Å². The van der Waals surface area contributed by atoms with Crippen molar-refractivity contribution in [3.63, 3.8) is 0 Å². The first-order chi connectivity index (χ1) is 9.66. The van der Waals surface area contributed by atoms with E-state index in [9.17, 15) is 9.59 Å². The van der Waals surface area contributed by atoms with Gasteiger partial charge in [-0.3, -0.25) is 9.59 Å². The van der Waals surface area contributed by atoms with E-state index in [1.165, 1.54) is 18.5 Å². The summed E-state index contributed by atoms with van der Waals surface area (Å²) in [6.07, 6.45) is 4.77. The van der Waals surface area contributed by atoms with Gasteiger partial charge in [0.2, 0.25) is 0 Å². The SMILES string of the molecule is Nc1ccc2c(c1)N(C(=O)c1c[nH]ccc1=O)CCC2. The van der Waals surface area contributed by atoms with Crippen LogP contribution in [0.4, 0.5) is 11.4 Å². The van der Waals surface area contributed by atoms with Gasteiger partial charge in [0.1, 0.15) is 5.56 Å². The van der Waals surface area contributed by atoms with Gasteiger partial charge in [-0.2, -0.15) is 0 Å². The smallest absolute Gasteiger partial charge is 0.263 e. The second kappa shape index (κ2) is 4.85. The molecule has 1 amide bonds. The van der Waals surface area contributed by atoms with Crippen molar-refractivity contribution < 1.29 is 4.79 Å². The van der Waals surface area contributed by atoms with E-state index in [1.54, 1.807) is 11.0 Å². The van der Waals surface area contributed by atoms with E-state index in [-0.39, 0.29) is 16.9 Å². The number of aryl methyl sites for hydroxylation is 1. The molecule has 0 atom stereocenters. The molecule has 0 fully saturated rings. The number of pyridine rings is 1. The van der Waals surface area contributed by atoms with E-state index in [1.807, 2.05) is 12.1 Å². The summed E-state index contributed by atoms with van der Waals surface area (Å²) in [7, 11) is 0. The molecule has 1 aliphatic heterocycles. The maximum absolute atomic E-state index is 12.6. The van der Waals surface area contributed by atoms with Gasteiger partial charge >= 0.3 is 0 Å². The summed E-state index contributed by atoms with van der Waals surface area (Å²) in [4.78, 5) is 28.8. The Morgan fingerprint density at radius 3 is 2.95 bits per heavy atom. The van der Waals surface area contributed by atoms with Crippen LogP contribution in [0.25, 0.3) is 0 Å². The van der Waals surface area contributed by atoms with Crippen LogP contribution >= 0.6 is 0 Å². The van der Waals surface area contributed by atoms with Crippen LogP contribution in [0.3, 0.4) is 0 Å². The fraction of sp³-hybridized carbons (Fsp3) is 0.200. The fourth-order valence-electron chi connectivity index (χ4n) is 2.53. The Labute approximate surface area is 116 Å². The second-order valence-electron chi connectivity index (χ2n) is 4.87. The molecule has 0 saturated heterocycles. The normalized spacial score (nSPS) is 13.9. The highest BCUT2D eigenvalue weighted by atomic mass is 16.2. The molecule has 5 nitrogen and oxygen atoms in total. The van der Waals surface area contributed by atoms with E-state index < -0.39 is 0 Å². The molecule has 5 heteroatoms. The largest absolute Gasteiger partial charge is 0.399 e. The standard InChI is InChI=1S/C15H15N3O2/c16-11-4-3-10-2-1-7-18(13(10)8-11)15(20)12-9-17-6-5-14(12)19/h3-6,8-9H,1-2,7,16H2,(H,17,19). The molecule has 0 bridgehead atoms. The number of nitrogens with two attached hydrogens (primary N) is 1. The molecule has 2 heterocycles. The first-order valence-corrected chi connectivity index (χ1v) is 6.54. The zero-order valence-corrected chi connectivity index (χ0v) is 10.9. The van der Waals surface area contributed by atoms with E-state index in [4.69, 9.17) is 5.73 Å². The van der Waals surface area contributed by atoms with Gasteiger partial charge in [-0.25, -0.2) is 0 Å². The van der Waals surface area contributed by atoms with E-state index >= 15 is 0 Å². The Bertz CT molecular complexity index is 721. The number of hydrogen-bond acceptors (Lipinski definition) is 3. The first kappa shape index (κ1) is 12.5. The molecule has 3 rings (SSSR count). The number of benzene rings is 1. The van der Waals surface area contributed by atoms with Crippen LogP contribution in [-0.2, 0) is 6.42 Å². The number of anilines is 2. The number of carbonyl (C=O) groups excluding carboxylic acids is 1. The Balaban J connectivity index is 2.05. The number of H-pyrrole nitrogens is 1. The van der Waals surface area contributed by atoms with Crippen molar-refractivity contribution in [3.8, 4) is 0 Å². The number of hydrogen-bond donors (Lipinski definition) is 2. The van der Waals surface area contributed by atoms with Gasteiger partial charge in [-0.05, 0) is 30.5 Å². The number of nitrogens with zero attached hydrogens (tertiary/aromatic N) is 1. The molecule has 20 heavy (non-hydrogen) atoms. The van der Waals surface area contributed by atoms with Gasteiger partial charge < -0.3 is 15.6 Å². The maximum atomic E-state index is 12.6. The van der Waals surface area contributed by atoms with Crippen molar-refractivity contribution in [1.82, 2.24) is 4.98 Å². The molecule has 0 radical (unpaired) electrons. The number of rotatable bonds is 1. The number of nitrogen functional groups attached to an aromatic ring is 1. The van der Waals surface area contributed by atoms with Crippen molar-refractivity contribution in [2.45, 2.75) is 12.8 Å². The number of nitrogens with one attached hydrogen (secondary N) is 1. The molecule has 2 aromatic rings. The van der Waals surface area contributed by atoms with Gasteiger partial charge in [0.05, 0.1) is 0 Å². The summed E-state index contributed by atoms with van der Waals surface area (Å²) in [6.45, 7) is 0.601. The monoisotopic (exact) mass is 269 g/mol. The summed E-state index contributed by atoms with van der Waals surface area (Å²) >= 11 is 0. The second-order valence-corrected chi connectivity index (χ2v) is 4.87. The fourth-order valence-corrected chi connectivity index (χ4v) is 2.53. The van der Waals surface area contributed by atoms with Crippen molar-refractivity contribution in [1.29, 1.82) is 0 Å². The number of aromatic nitrogens is 1. The quantitative estimate of drug-likeness (QED) is 0.771. The highest BCUT2D eigenvalue weighted by Crippen LogP contribution is 2.29. The first-order valence-electron chi connectivity index (χ1n) is 6.54. The number of carbonyl (C=O) groups is 1. The van der Waals surface area contributed by atoms with E-state index in [2.05, 4.69) is 4.98 Å². The lowest BCUT2D eigenvalue weighted by Gasteiger charge is -2.29. The van der Waals surface area contributed by atoms with Crippen LogP contribution in [0.1, 0.15) is 22.3 Å². The summed E-state index contributed by atoms with van der Waals surface area (Å²) in [5, 5.41) is 0. The molecular weight excluding hydrogens is 254 g/mol. The Morgan fingerprint density at radius 1 is 1.30 bits per heavy atom. The molecule has 102 valence electrons. The third kappa shape index (κ3) is 2.07. The Kier molecular flexibility index (Phi) is 3.02. The lowest BCUT2D eigenvalue weighted by Crippen LogP contribution is -2.37. The van der Waals surface area contributed by atoms with Crippen molar-refractivity contribution >= 4 is 17.3 Å². The van der Waals surface area contributed by atoms with Crippen LogP contribution in [0.15, 0.2) is 41.5 Å². The highest BCUT2D eigenvalue weighted by molar-refractivity contribution is 6.06. The average Bonchev–Trinajstić information content (AvgIpc) is 2.46. The number of amides is 1. The van der Waals surface area contributed by atoms with Crippen LogP contribution in [-0.4, -0.2) is 17.4 Å². The predicted molar refractivity (Wildman–Crippen MR) is 77.9 cm³/mol. The molecule has 1 aromatic heterocycles. The molecule has 0 saturated carbocycles. The van der Waals surface area contributed by atoms with Crippen molar-refractivity contribution in [3.05, 3.63) is 58.0 Å². The minimum absolute atomic E-state index is 0.155. The summed E-state index contributed by atoms with van der Waals surface area (Å²) in [5.41, 5.74) is 8.20. The third-order valence-corrected chi connectivity index (χ3v) is 3.53. The van der Waals surface area contributed by atoms with Crippen molar-refractivity contribution in [2.24, 2.45) is 0 Å². The minimum Gasteiger partial charge on any atom is -0.399 e. The Hall–Kier alpha value is -2.56. The van der Waals surface area contributed by atoms with Gasteiger partial charge in [0.15, 0.2) is 5.43 Å². The molecular formula is C15H15N3O2. The van der Waals surface area contributed by atoms with Crippen LogP contribution < -0.4 is 16.1 Å². The average molecular weight is 269 g/mol. The summed E-state index contributed by atoms with van der Waals surface area (Å²) in [5.74, 6) is -0.279. The third-order valence-electron chi connectivity index (χ3n) is 3.53. The molecule has 0 unspecified atom stereocenters. The van der Waals surface area contributed by atoms with Gasteiger partial charge in [-0.1, -0.05) is 6.07 Å². The lowest BCUT2D eigenvalue weighted by atomic mass is 10.0. The van der Waals surface area contributed by atoms with Crippen molar-refractivity contribution in [2.75, 3.05) is 17.2 Å². The minimum atomic E-state index is -0.279. The highest BCUT2D eigenvalue weighted by Gasteiger charge is 2.25. The summed E-state index contributed by atoms with van der Waals surface area (Å²) in [6, 6.07) is 6.93. The van der Waals surface area contributed by atoms with Crippen LogP contribution in [0, 0.1) is 0 Å².